The lowest BCUT2D eigenvalue weighted by atomic mass is 9.99. The van der Waals surface area contributed by atoms with Gasteiger partial charge in [0.15, 0.2) is 0 Å². The van der Waals surface area contributed by atoms with Gasteiger partial charge in [-0.05, 0) is 24.7 Å². The molecule has 0 nitrogen and oxygen atoms in total. The van der Waals surface area contributed by atoms with Gasteiger partial charge in [0.25, 0.3) is 0 Å². The largest absolute Gasteiger partial charge is 0.0854 e. The molecule has 0 heterocycles. The number of rotatable bonds is 8. The first-order valence-corrected chi connectivity index (χ1v) is 6.39. The van der Waals surface area contributed by atoms with Gasteiger partial charge in [-0.25, -0.2) is 0 Å². The van der Waals surface area contributed by atoms with Crippen LogP contribution in [0.3, 0.4) is 0 Å². The van der Waals surface area contributed by atoms with Crippen molar-refractivity contribution in [1.82, 2.24) is 0 Å². The maximum Gasteiger partial charge on any atom is -0.0262 e. The van der Waals surface area contributed by atoms with E-state index in [9.17, 15) is 0 Å². The number of unbranched alkanes of at least 4 members (excludes halogenated alkanes) is 2. The molecule has 0 aliphatic heterocycles. The van der Waals surface area contributed by atoms with Crippen molar-refractivity contribution in [3.05, 3.63) is 12.2 Å². The molecule has 0 N–H and O–H groups in total. The van der Waals surface area contributed by atoms with Gasteiger partial charge < -0.3 is 0 Å². The molecule has 0 rings (SSSR count). The SMILES string of the molecule is CCCCCC(C)C=CC(C)CCC. The van der Waals surface area contributed by atoms with Crippen LogP contribution in [0.1, 0.15) is 66.2 Å². The van der Waals surface area contributed by atoms with Crippen LogP contribution >= 0.6 is 0 Å². The summed E-state index contributed by atoms with van der Waals surface area (Å²) in [4.78, 5) is 0. The van der Waals surface area contributed by atoms with Crippen molar-refractivity contribution < 1.29 is 0 Å². The van der Waals surface area contributed by atoms with Crippen LogP contribution in [-0.2, 0) is 0 Å². The van der Waals surface area contributed by atoms with Crippen molar-refractivity contribution in [2.75, 3.05) is 0 Å². The van der Waals surface area contributed by atoms with Crippen LogP contribution in [0.4, 0.5) is 0 Å². The monoisotopic (exact) mass is 196 g/mol. The van der Waals surface area contributed by atoms with Gasteiger partial charge in [0.05, 0.1) is 0 Å². The average Bonchev–Trinajstić information content (AvgIpc) is 2.16. The zero-order valence-corrected chi connectivity index (χ0v) is 10.6. The van der Waals surface area contributed by atoms with Crippen LogP contribution in [-0.4, -0.2) is 0 Å². The third-order valence-corrected chi connectivity index (χ3v) is 2.78. The van der Waals surface area contributed by atoms with E-state index in [0.717, 1.165) is 11.8 Å². The Hall–Kier alpha value is -0.260. The second-order valence-electron chi connectivity index (χ2n) is 4.62. The lowest BCUT2D eigenvalue weighted by molar-refractivity contribution is 0.566. The van der Waals surface area contributed by atoms with E-state index in [1.807, 2.05) is 0 Å². The Kier molecular flexibility index (Phi) is 9.13. The van der Waals surface area contributed by atoms with Gasteiger partial charge in [-0.1, -0.05) is 65.5 Å². The minimum Gasteiger partial charge on any atom is -0.0854 e. The Morgan fingerprint density at radius 1 is 0.786 bits per heavy atom. The highest BCUT2D eigenvalue weighted by Crippen LogP contribution is 2.13. The third-order valence-electron chi connectivity index (χ3n) is 2.78. The molecule has 0 heteroatoms. The lowest BCUT2D eigenvalue weighted by Crippen LogP contribution is -1.93. The fourth-order valence-electron chi connectivity index (χ4n) is 1.74. The minimum absolute atomic E-state index is 0.772. The fraction of sp³-hybridized carbons (Fsp3) is 0.857. The Morgan fingerprint density at radius 2 is 1.36 bits per heavy atom. The van der Waals surface area contributed by atoms with Crippen LogP contribution in [0.25, 0.3) is 0 Å². The van der Waals surface area contributed by atoms with E-state index >= 15 is 0 Å². The van der Waals surface area contributed by atoms with Gasteiger partial charge in [-0.15, -0.1) is 0 Å². The zero-order valence-electron chi connectivity index (χ0n) is 10.6. The smallest absolute Gasteiger partial charge is 0.0262 e. The van der Waals surface area contributed by atoms with Crippen LogP contribution in [0.5, 0.6) is 0 Å². The quantitative estimate of drug-likeness (QED) is 0.370. The van der Waals surface area contributed by atoms with Crippen molar-refractivity contribution in [1.29, 1.82) is 0 Å². The summed E-state index contributed by atoms with van der Waals surface area (Å²) in [7, 11) is 0. The highest BCUT2D eigenvalue weighted by molar-refractivity contribution is 4.89. The first-order chi connectivity index (χ1) is 6.70. The van der Waals surface area contributed by atoms with E-state index in [0.29, 0.717) is 0 Å². The molecular formula is C14H28. The van der Waals surface area contributed by atoms with Crippen LogP contribution < -0.4 is 0 Å². The van der Waals surface area contributed by atoms with Gasteiger partial charge in [-0.2, -0.15) is 0 Å². The molecule has 0 aromatic carbocycles. The maximum absolute atomic E-state index is 2.41. The first kappa shape index (κ1) is 13.7. The molecule has 14 heavy (non-hydrogen) atoms. The second kappa shape index (κ2) is 9.30. The van der Waals surface area contributed by atoms with Crippen LogP contribution in [0, 0.1) is 11.8 Å². The third kappa shape index (κ3) is 8.34. The van der Waals surface area contributed by atoms with Crippen molar-refractivity contribution in [3.8, 4) is 0 Å². The number of hydrogen-bond donors (Lipinski definition) is 0. The molecule has 0 bridgehead atoms. The summed E-state index contributed by atoms with van der Waals surface area (Å²) in [5.74, 6) is 1.55. The van der Waals surface area contributed by atoms with E-state index in [1.54, 1.807) is 0 Å². The molecule has 0 aliphatic rings. The zero-order chi connectivity index (χ0) is 10.8. The second-order valence-corrected chi connectivity index (χ2v) is 4.62. The van der Waals surface area contributed by atoms with Crippen molar-refractivity contribution in [2.45, 2.75) is 66.2 Å². The van der Waals surface area contributed by atoms with E-state index in [2.05, 4.69) is 39.8 Å². The molecule has 0 amide bonds. The summed E-state index contributed by atoms with van der Waals surface area (Å²) in [6.07, 6.45) is 12.9. The lowest BCUT2D eigenvalue weighted by Gasteiger charge is -2.07. The molecule has 0 saturated heterocycles. The molecule has 0 saturated carbocycles. The van der Waals surface area contributed by atoms with E-state index in [4.69, 9.17) is 0 Å². The molecule has 0 fully saturated rings. The molecular weight excluding hydrogens is 168 g/mol. The van der Waals surface area contributed by atoms with E-state index < -0.39 is 0 Å². The summed E-state index contributed by atoms with van der Waals surface area (Å²) in [6, 6.07) is 0. The molecule has 0 aliphatic carbocycles. The topological polar surface area (TPSA) is 0 Å². The highest BCUT2D eigenvalue weighted by atomic mass is 14.0. The van der Waals surface area contributed by atoms with E-state index in [-0.39, 0.29) is 0 Å². The highest BCUT2D eigenvalue weighted by Gasteiger charge is 1.98. The van der Waals surface area contributed by atoms with Gasteiger partial charge in [0, 0.05) is 0 Å². The average molecular weight is 196 g/mol. The Labute approximate surface area is 90.8 Å². The minimum atomic E-state index is 0.772. The standard InChI is InChI=1S/C14H28/c1-5-7-8-10-14(4)12-11-13(3)9-6-2/h11-14H,5-10H2,1-4H3. The predicted molar refractivity (Wildman–Crippen MR) is 66.5 cm³/mol. The van der Waals surface area contributed by atoms with Crippen LogP contribution in [0.2, 0.25) is 0 Å². The Balaban J connectivity index is 3.53. The predicted octanol–water partition coefficient (Wildman–Crippen LogP) is 5.20. The molecule has 0 spiro atoms. The Morgan fingerprint density at radius 3 is 1.86 bits per heavy atom. The van der Waals surface area contributed by atoms with Crippen molar-refractivity contribution in [3.63, 3.8) is 0 Å². The summed E-state index contributed by atoms with van der Waals surface area (Å²) < 4.78 is 0. The van der Waals surface area contributed by atoms with Gasteiger partial charge in [0.2, 0.25) is 0 Å². The van der Waals surface area contributed by atoms with E-state index in [1.165, 1.54) is 38.5 Å². The molecule has 84 valence electrons. The summed E-state index contributed by atoms with van der Waals surface area (Å²) in [5, 5.41) is 0. The molecule has 0 radical (unpaired) electrons. The van der Waals surface area contributed by atoms with Crippen LogP contribution in [0.15, 0.2) is 12.2 Å². The van der Waals surface area contributed by atoms with Crippen molar-refractivity contribution in [2.24, 2.45) is 11.8 Å². The normalized spacial score (nSPS) is 16.0. The molecule has 2 unspecified atom stereocenters. The van der Waals surface area contributed by atoms with Gasteiger partial charge >= 0.3 is 0 Å². The van der Waals surface area contributed by atoms with Gasteiger partial charge in [0.1, 0.15) is 0 Å². The molecule has 0 aromatic rings. The fourth-order valence-corrected chi connectivity index (χ4v) is 1.74. The summed E-state index contributed by atoms with van der Waals surface area (Å²) in [6.45, 7) is 9.18. The summed E-state index contributed by atoms with van der Waals surface area (Å²) >= 11 is 0. The first-order valence-electron chi connectivity index (χ1n) is 6.39. The van der Waals surface area contributed by atoms with Crippen molar-refractivity contribution >= 4 is 0 Å². The molecule has 2 atom stereocenters. The molecule has 0 aromatic heterocycles. The number of allylic oxidation sites excluding steroid dienone is 2. The van der Waals surface area contributed by atoms with Gasteiger partial charge in [-0.3, -0.25) is 0 Å². The number of hydrogen-bond acceptors (Lipinski definition) is 0. The maximum atomic E-state index is 2.41. The summed E-state index contributed by atoms with van der Waals surface area (Å²) in [5.41, 5.74) is 0. The Bertz CT molecular complexity index is 135.